The average Bonchev–Trinajstić information content (AvgIpc) is 2.68. The van der Waals surface area contributed by atoms with Crippen molar-refractivity contribution >= 4 is 56.9 Å². The van der Waals surface area contributed by atoms with Gasteiger partial charge in [-0.1, -0.05) is 35.3 Å². The van der Waals surface area contributed by atoms with Crippen LogP contribution in [0.2, 0.25) is 10.0 Å². The number of alkyl carbamates (subject to hydrolysis) is 1. The molecule has 0 aromatic heterocycles. The number of imide groups is 1. The van der Waals surface area contributed by atoms with Crippen LogP contribution < -0.4 is 10.0 Å². The van der Waals surface area contributed by atoms with Gasteiger partial charge in [0.1, 0.15) is 4.90 Å². The van der Waals surface area contributed by atoms with E-state index in [0.717, 1.165) is 6.07 Å². The topological polar surface area (TPSA) is 128 Å². The fourth-order valence-corrected chi connectivity index (χ4v) is 4.00. The fraction of sp³-hybridized carbons (Fsp3) is 0.167. The van der Waals surface area contributed by atoms with Crippen LogP contribution in [0.3, 0.4) is 0 Å². The fourth-order valence-electron chi connectivity index (χ4n) is 2.16. The molecule has 0 spiro atoms. The molecule has 9 nitrogen and oxygen atoms in total. The van der Waals surface area contributed by atoms with Crippen LogP contribution in [0.4, 0.5) is 10.5 Å². The number of nitrogens with one attached hydrogen (secondary N) is 2. The minimum absolute atomic E-state index is 0.0586. The molecule has 0 aliphatic rings. The van der Waals surface area contributed by atoms with Gasteiger partial charge >= 0.3 is 12.1 Å². The maximum absolute atomic E-state index is 12.7. The Balaban J connectivity index is 2.15. The third kappa shape index (κ3) is 6.34. The molecule has 0 atom stereocenters. The molecule has 0 heterocycles. The van der Waals surface area contributed by atoms with Gasteiger partial charge in [-0.25, -0.2) is 18.0 Å². The Labute approximate surface area is 182 Å². The molecular weight excluding hydrogens is 459 g/mol. The highest BCUT2D eigenvalue weighted by molar-refractivity contribution is 7.92. The summed E-state index contributed by atoms with van der Waals surface area (Å²) < 4.78 is 37.0. The Morgan fingerprint density at radius 3 is 2.43 bits per heavy atom. The Morgan fingerprint density at radius 1 is 1.03 bits per heavy atom. The highest BCUT2D eigenvalue weighted by Gasteiger charge is 2.22. The molecule has 2 aromatic rings. The first-order valence-electron chi connectivity index (χ1n) is 8.34. The number of benzene rings is 2. The second kappa shape index (κ2) is 10.3. The van der Waals surface area contributed by atoms with Crippen molar-refractivity contribution in [1.29, 1.82) is 0 Å². The standard InChI is InChI=1S/C18H16Cl2N2O7S/c1-2-28-18(25)21-16(23)10-29-17(24)12-5-3-4-6-14(12)22-30(26,27)15-9-11(19)7-8-13(15)20/h3-9,22H,2,10H2,1H3,(H,21,23,25). The summed E-state index contributed by atoms with van der Waals surface area (Å²) in [7, 11) is -4.19. The number of carbonyl (C=O) groups is 3. The first-order valence-corrected chi connectivity index (χ1v) is 10.6. The van der Waals surface area contributed by atoms with E-state index in [-0.39, 0.29) is 32.8 Å². The van der Waals surface area contributed by atoms with Gasteiger partial charge in [0.05, 0.1) is 22.9 Å². The predicted molar refractivity (Wildman–Crippen MR) is 109 cm³/mol. The van der Waals surface area contributed by atoms with Gasteiger partial charge < -0.3 is 9.47 Å². The molecule has 2 aromatic carbocycles. The Morgan fingerprint density at radius 2 is 1.73 bits per heavy atom. The molecule has 0 saturated carbocycles. The van der Waals surface area contributed by atoms with Gasteiger partial charge in [-0.15, -0.1) is 0 Å². The van der Waals surface area contributed by atoms with Crippen LogP contribution in [0.5, 0.6) is 0 Å². The Bertz CT molecular complexity index is 1070. The van der Waals surface area contributed by atoms with Crippen LogP contribution in [0.25, 0.3) is 0 Å². The molecule has 2 amide bonds. The lowest BCUT2D eigenvalue weighted by atomic mass is 10.2. The lowest BCUT2D eigenvalue weighted by molar-refractivity contribution is -0.123. The van der Waals surface area contributed by atoms with Gasteiger partial charge in [0, 0.05) is 5.02 Å². The van der Waals surface area contributed by atoms with Crippen molar-refractivity contribution < 1.29 is 32.3 Å². The van der Waals surface area contributed by atoms with Crippen LogP contribution in [0, 0.1) is 0 Å². The van der Waals surface area contributed by atoms with Crippen LogP contribution in [0.15, 0.2) is 47.4 Å². The van der Waals surface area contributed by atoms with Crippen LogP contribution in [0.1, 0.15) is 17.3 Å². The van der Waals surface area contributed by atoms with Gasteiger partial charge in [0.15, 0.2) is 6.61 Å². The second-order valence-electron chi connectivity index (χ2n) is 5.57. The van der Waals surface area contributed by atoms with Crippen molar-refractivity contribution in [3.8, 4) is 0 Å². The van der Waals surface area contributed by atoms with E-state index in [1.54, 1.807) is 6.92 Å². The van der Waals surface area contributed by atoms with Crippen molar-refractivity contribution in [2.45, 2.75) is 11.8 Å². The van der Waals surface area contributed by atoms with Crippen LogP contribution in [-0.2, 0) is 24.3 Å². The van der Waals surface area contributed by atoms with Crippen molar-refractivity contribution in [3.05, 3.63) is 58.1 Å². The molecule has 30 heavy (non-hydrogen) atoms. The van der Waals surface area contributed by atoms with Crippen molar-refractivity contribution in [3.63, 3.8) is 0 Å². The zero-order valence-corrected chi connectivity index (χ0v) is 17.8. The molecule has 0 aliphatic heterocycles. The van der Waals surface area contributed by atoms with Crippen molar-refractivity contribution in [2.24, 2.45) is 0 Å². The lowest BCUT2D eigenvalue weighted by Crippen LogP contribution is -2.34. The minimum atomic E-state index is -4.19. The summed E-state index contributed by atoms with van der Waals surface area (Å²) in [6.07, 6.45) is -0.981. The van der Waals surface area contributed by atoms with Crippen molar-refractivity contribution in [1.82, 2.24) is 5.32 Å². The number of anilines is 1. The number of para-hydroxylation sites is 1. The Hall–Kier alpha value is -2.82. The minimum Gasteiger partial charge on any atom is -0.452 e. The summed E-state index contributed by atoms with van der Waals surface area (Å²) in [4.78, 5) is 34.8. The number of hydrogen-bond donors (Lipinski definition) is 2. The number of ether oxygens (including phenoxy) is 2. The molecule has 160 valence electrons. The largest absolute Gasteiger partial charge is 0.452 e. The van der Waals surface area contributed by atoms with Crippen LogP contribution >= 0.6 is 23.2 Å². The van der Waals surface area contributed by atoms with E-state index in [1.807, 2.05) is 5.32 Å². The van der Waals surface area contributed by atoms with Gasteiger partial charge in [-0.3, -0.25) is 14.8 Å². The van der Waals surface area contributed by atoms with Gasteiger partial charge in [0.25, 0.3) is 15.9 Å². The maximum atomic E-state index is 12.7. The summed E-state index contributed by atoms with van der Waals surface area (Å²) in [6, 6.07) is 9.48. The second-order valence-corrected chi connectivity index (χ2v) is 8.07. The van der Waals surface area contributed by atoms with E-state index in [4.69, 9.17) is 27.9 Å². The summed E-state index contributed by atoms with van der Waals surface area (Å²) in [5.74, 6) is -1.91. The monoisotopic (exact) mass is 474 g/mol. The maximum Gasteiger partial charge on any atom is 0.413 e. The molecule has 0 aliphatic carbocycles. The van der Waals surface area contributed by atoms with Gasteiger partial charge in [0.2, 0.25) is 0 Å². The quantitative estimate of drug-likeness (QED) is 0.589. The van der Waals surface area contributed by atoms with Gasteiger partial charge in [-0.2, -0.15) is 0 Å². The molecule has 0 radical (unpaired) electrons. The first kappa shape index (κ1) is 23.5. The van der Waals surface area contributed by atoms with Crippen molar-refractivity contribution in [2.75, 3.05) is 17.9 Å². The zero-order chi connectivity index (χ0) is 22.3. The predicted octanol–water partition coefficient (Wildman–Crippen LogP) is 3.22. The molecule has 0 saturated heterocycles. The average molecular weight is 475 g/mol. The zero-order valence-electron chi connectivity index (χ0n) is 15.5. The van der Waals surface area contributed by atoms with E-state index in [9.17, 15) is 22.8 Å². The molecule has 0 bridgehead atoms. The summed E-state index contributed by atoms with van der Waals surface area (Å²) >= 11 is 11.8. The molecule has 2 rings (SSSR count). The molecule has 0 fully saturated rings. The van der Waals surface area contributed by atoms with E-state index in [0.29, 0.717) is 0 Å². The van der Waals surface area contributed by atoms with Crippen LogP contribution in [-0.4, -0.2) is 39.6 Å². The highest BCUT2D eigenvalue weighted by atomic mass is 35.5. The normalized spacial score (nSPS) is 10.8. The van der Waals surface area contributed by atoms with Gasteiger partial charge in [-0.05, 0) is 37.3 Å². The molecule has 0 unspecified atom stereocenters. The number of sulfonamides is 1. The first-order chi connectivity index (χ1) is 14.1. The lowest BCUT2D eigenvalue weighted by Gasteiger charge is -2.13. The summed E-state index contributed by atoms with van der Waals surface area (Å²) in [5.41, 5.74) is -0.271. The number of halogens is 2. The van der Waals surface area contributed by atoms with E-state index >= 15 is 0 Å². The SMILES string of the molecule is CCOC(=O)NC(=O)COC(=O)c1ccccc1NS(=O)(=O)c1cc(Cl)ccc1Cl. The highest BCUT2D eigenvalue weighted by Crippen LogP contribution is 2.28. The van der Waals surface area contributed by atoms with E-state index < -0.39 is 34.6 Å². The molecular formula is C18H16Cl2N2O7S. The van der Waals surface area contributed by atoms with E-state index in [2.05, 4.69) is 9.46 Å². The summed E-state index contributed by atoms with van der Waals surface area (Å²) in [5, 5.41) is 1.94. The summed E-state index contributed by atoms with van der Waals surface area (Å²) in [6.45, 7) is 0.834. The number of esters is 1. The third-order valence-corrected chi connectivity index (χ3v) is 5.51. The smallest absolute Gasteiger partial charge is 0.413 e. The number of hydrogen-bond acceptors (Lipinski definition) is 7. The van der Waals surface area contributed by atoms with E-state index in [1.165, 1.54) is 36.4 Å². The molecule has 2 N–H and O–H groups in total. The number of rotatable bonds is 7. The third-order valence-electron chi connectivity index (χ3n) is 3.43. The number of amides is 2. The Kier molecular flexibility index (Phi) is 8.04. The molecule has 12 heteroatoms. The number of carbonyl (C=O) groups excluding carboxylic acids is 3.